The van der Waals surface area contributed by atoms with Gasteiger partial charge in [-0.05, 0) is 25.2 Å². The molecule has 2 atom stereocenters. The largest absolute Gasteiger partial charge is 0.350 e. The van der Waals surface area contributed by atoms with Crippen molar-refractivity contribution in [2.45, 2.75) is 46.1 Å². The van der Waals surface area contributed by atoms with Crippen LogP contribution in [0.15, 0.2) is 0 Å². The molecule has 0 radical (unpaired) electrons. The van der Waals surface area contributed by atoms with Gasteiger partial charge in [0.05, 0.1) is 23.0 Å². The molecule has 0 aromatic heterocycles. The number of rotatable bonds is 4. The van der Waals surface area contributed by atoms with Gasteiger partial charge in [-0.15, -0.1) is 0 Å². The van der Waals surface area contributed by atoms with Gasteiger partial charge < -0.3 is 11.1 Å². The minimum absolute atomic E-state index is 0.0179. The van der Waals surface area contributed by atoms with E-state index in [1.165, 1.54) is 0 Å². The van der Waals surface area contributed by atoms with Gasteiger partial charge in [-0.25, -0.2) is 8.42 Å². The summed E-state index contributed by atoms with van der Waals surface area (Å²) in [6, 6.07) is 0. The lowest BCUT2D eigenvalue weighted by atomic mass is 9.84. The highest BCUT2D eigenvalue weighted by molar-refractivity contribution is 7.91. The molecule has 0 aromatic rings. The van der Waals surface area contributed by atoms with E-state index >= 15 is 0 Å². The average molecular weight is 290 g/mol. The molecule has 1 aliphatic rings. The summed E-state index contributed by atoms with van der Waals surface area (Å²) >= 11 is 0. The molecular weight excluding hydrogens is 264 g/mol. The zero-order valence-electron chi connectivity index (χ0n) is 12.3. The van der Waals surface area contributed by atoms with E-state index in [9.17, 15) is 13.2 Å². The predicted molar refractivity (Wildman–Crippen MR) is 76.4 cm³/mol. The Kier molecular flexibility index (Phi) is 4.67. The first kappa shape index (κ1) is 16.4. The second-order valence-corrected chi connectivity index (χ2v) is 9.27. The number of nitrogens with two attached hydrogens (primary N) is 1. The van der Waals surface area contributed by atoms with Crippen molar-refractivity contribution in [3.8, 4) is 0 Å². The Hall–Kier alpha value is -0.620. The van der Waals surface area contributed by atoms with Crippen molar-refractivity contribution in [3.63, 3.8) is 0 Å². The molecule has 1 aliphatic heterocycles. The summed E-state index contributed by atoms with van der Waals surface area (Å²) in [6.45, 7) is 8.26. The first-order valence-corrected chi connectivity index (χ1v) is 8.51. The molecule has 5 nitrogen and oxygen atoms in total. The maximum Gasteiger partial charge on any atom is 0.224 e. The minimum atomic E-state index is -3.01. The fraction of sp³-hybridized carbons (Fsp3) is 0.923. The quantitative estimate of drug-likeness (QED) is 0.797. The van der Waals surface area contributed by atoms with Gasteiger partial charge in [-0.3, -0.25) is 4.79 Å². The number of hydrogen-bond acceptors (Lipinski definition) is 4. The van der Waals surface area contributed by atoms with Crippen LogP contribution in [0.5, 0.6) is 0 Å². The normalized spacial score (nSPS) is 28.1. The van der Waals surface area contributed by atoms with Crippen LogP contribution in [0.1, 0.15) is 40.5 Å². The Labute approximate surface area is 116 Å². The van der Waals surface area contributed by atoms with Crippen molar-refractivity contribution in [1.29, 1.82) is 0 Å². The Morgan fingerprint density at radius 2 is 2.00 bits per heavy atom. The van der Waals surface area contributed by atoms with Crippen molar-refractivity contribution in [2.75, 3.05) is 18.1 Å². The monoisotopic (exact) mass is 290 g/mol. The summed E-state index contributed by atoms with van der Waals surface area (Å²) in [6.07, 6.45) is 1.17. The van der Waals surface area contributed by atoms with Gasteiger partial charge >= 0.3 is 0 Å². The Morgan fingerprint density at radius 1 is 1.42 bits per heavy atom. The lowest BCUT2D eigenvalue weighted by Gasteiger charge is -2.29. The van der Waals surface area contributed by atoms with Gasteiger partial charge in [0.1, 0.15) is 0 Å². The Balaban J connectivity index is 2.68. The fourth-order valence-corrected chi connectivity index (χ4v) is 4.62. The van der Waals surface area contributed by atoms with Gasteiger partial charge in [0, 0.05) is 6.54 Å². The third kappa shape index (κ3) is 5.10. The van der Waals surface area contributed by atoms with E-state index in [0.717, 1.165) is 0 Å². The number of carbonyl (C=O) groups excluding carboxylic acids is 1. The summed E-state index contributed by atoms with van der Waals surface area (Å²) in [5, 5.41) is 2.89. The zero-order chi connectivity index (χ0) is 14.9. The first-order chi connectivity index (χ1) is 8.46. The van der Waals surface area contributed by atoms with Crippen molar-refractivity contribution < 1.29 is 13.2 Å². The number of amides is 1. The van der Waals surface area contributed by atoms with Crippen molar-refractivity contribution >= 4 is 15.7 Å². The molecule has 0 aromatic carbocycles. The smallest absolute Gasteiger partial charge is 0.224 e. The van der Waals surface area contributed by atoms with Crippen LogP contribution in [0.3, 0.4) is 0 Å². The molecule has 19 heavy (non-hydrogen) atoms. The number of hydrogen-bond donors (Lipinski definition) is 2. The number of sulfone groups is 1. The topological polar surface area (TPSA) is 89.3 Å². The standard InChI is InChI=1S/C13H26N2O3S/c1-12(2,3)7-10(8-14)11(16)15-13(4)5-6-19(17,18)9-13/h10H,5-9,14H2,1-4H3,(H,15,16). The second-order valence-electron chi connectivity index (χ2n) is 7.09. The highest BCUT2D eigenvalue weighted by Gasteiger charge is 2.40. The summed E-state index contributed by atoms with van der Waals surface area (Å²) in [4.78, 5) is 12.2. The second kappa shape index (κ2) is 5.40. The lowest BCUT2D eigenvalue weighted by molar-refractivity contribution is -0.127. The SMILES string of the molecule is CC(C)(C)CC(CN)C(=O)NC1(C)CCS(=O)(=O)C1. The maximum atomic E-state index is 12.2. The van der Waals surface area contributed by atoms with Crippen molar-refractivity contribution in [3.05, 3.63) is 0 Å². The Bertz CT molecular complexity index is 439. The summed E-state index contributed by atoms with van der Waals surface area (Å²) in [5.41, 5.74) is 5.05. The van der Waals surface area contributed by atoms with Gasteiger partial charge in [-0.2, -0.15) is 0 Å². The molecule has 1 fully saturated rings. The molecule has 0 spiro atoms. The van der Waals surface area contributed by atoms with Crippen LogP contribution in [0, 0.1) is 11.3 Å². The molecule has 0 saturated carbocycles. The lowest BCUT2D eigenvalue weighted by Crippen LogP contribution is -2.50. The van der Waals surface area contributed by atoms with Gasteiger partial charge in [0.15, 0.2) is 9.84 Å². The van der Waals surface area contributed by atoms with Crippen LogP contribution in [0.4, 0.5) is 0 Å². The third-order valence-electron chi connectivity index (χ3n) is 3.44. The molecule has 1 amide bonds. The molecule has 3 N–H and O–H groups in total. The summed E-state index contributed by atoms with van der Waals surface area (Å²) in [5.74, 6) is -0.216. The molecule has 1 heterocycles. The molecule has 1 rings (SSSR count). The van der Waals surface area contributed by atoms with E-state index in [0.29, 0.717) is 12.8 Å². The number of nitrogens with one attached hydrogen (secondary N) is 1. The first-order valence-electron chi connectivity index (χ1n) is 6.69. The maximum absolute atomic E-state index is 12.2. The van der Waals surface area contributed by atoms with Crippen LogP contribution in [-0.2, 0) is 14.6 Å². The van der Waals surface area contributed by atoms with Gasteiger partial charge in [0.2, 0.25) is 5.91 Å². The molecule has 0 aliphatic carbocycles. The molecule has 0 bridgehead atoms. The van der Waals surface area contributed by atoms with Crippen molar-refractivity contribution in [1.82, 2.24) is 5.32 Å². The minimum Gasteiger partial charge on any atom is -0.350 e. The highest BCUT2D eigenvalue weighted by atomic mass is 32.2. The van der Waals surface area contributed by atoms with Crippen LogP contribution in [0.25, 0.3) is 0 Å². The highest BCUT2D eigenvalue weighted by Crippen LogP contribution is 2.27. The average Bonchev–Trinajstić information content (AvgIpc) is 2.47. The van der Waals surface area contributed by atoms with Crippen LogP contribution >= 0.6 is 0 Å². The third-order valence-corrected chi connectivity index (χ3v) is 5.35. The summed E-state index contributed by atoms with van der Waals surface area (Å²) < 4.78 is 23.0. The zero-order valence-corrected chi connectivity index (χ0v) is 13.1. The van der Waals surface area contributed by atoms with Crippen LogP contribution in [0.2, 0.25) is 0 Å². The van der Waals surface area contributed by atoms with Crippen LogP contribution in [-0.4, -0.2) is 37.9 Å². The van der Waals surface area contributed by atoms with E-state index in [4.69, 9.17) is 5.73 Å². The van der Waals surface area contributed by atoms with E-state index < -0.39 is 15.4 Å². The molecular formula is C13H26N2O3S. The number of carbonyl (C=O) groups is 1. The molecule has 1 saturated heterocycles. The summed E-state index contributed by atoms with van der Waals surface area (Å²) in [7, 11) is -3.01. The van der Waals surface area contributed by atoms with E-state index in [1.807, 2.05) is 0 Å². The molecule has 6 heteroatoms. The van der Waals surface area contributed by atoms with Gasteiger partial charge in [0.25, 0.3) is 0 Å². The van der Waals surface area contributed by atoms with E-state index in [1.54, 1.807) is 6.92 Å². The van der Waals surface area contributed by atoms with Crippen LogP contribution < -0.4 is 11.1 Å². The fourth-order valence-electron chi connectivity index (χ4n) is 2.53. The van der Waals surface area contributed by atoms with E-state index in [2.05, 4.69) is 26.1 Å². The molecule has 2 unspecified atom stereocenters. The van der Waals surface area contributed by atoms with Gasteiger partial charge in [-0.1, -0.05) is 20.8 Å². The van der Waals surface area contributed by atoms with E-state index in [-0.39, 0.29) is 35.3 Å². The molecule has 112 valence electrons. The van der Waals surface area contributed by atoms with Crippen molar-refractivity contribution in [2.24, 2.45) is 17.1 Å². The Morgan fingerprint density at radius 3 is 2.37 bits per heavy atom. The predicted octanol–water partition coefficient (Wildman–Crippen LogP) is 0.691.